The molecular formula is C34H70O. The van der Waals surface area contributed by atoms with Crippen molar-refractivity contribution in [2.75, 3.05) is 6.61 Å². The molecule has 0 saturated heterocycles. The zero-order valence-corrected chi connectivity index (χ0v) is 25.1. The van der Waals surface area contributed by atoms with E-state index in [1.54, 1.807) is 0 Å². The Kier molecular flexibility index (Phi) is 30.2. The van der Waals surface area contributed by atoms with E-state index in [2.05, 4.69) is 20.8 Å². The predicted octanol–water partition coefficient (Wildman–Crippen LogP) is 12.2. The summed E-state index contributed by atoms with van der Waals surface area (Å²) in [6.07, 6.45) is 39.8. The molecule has 0 aromatic rings. The number of unbranched alkanes of at least 4 members (excludes halogenated alkanes) is 20. The molecule has 1 atom stereocenters. The van der Waals surface area contributed by atoms with Crippen molar-refractivity contribution in [3.05, 3.63) is 0 Å². The van der Waals surface area contributed by atoms with E-state index >= 15 is 0 Å². The van der Waals surface area contributed by atoms with Gasteiger partial charge in [-0.25, -0.2) is 0 Å². The highest BCUT2D eigenvalue weighted by Crippen LogP contribution is 2.33. The Morgan fingerprint density at radius 2 is 0.543 bits per heavy atom. The maximum atomic E-state index is 9.02. The van der Waals surface area contributed by atoms with E-state index in [0.29, 0.717) is 6.61 Å². The Balaban J connectivity index is 4.67. The molecule has 0 amide bonds. The number of rotatable bonds is 30. The van der Waals surface area contributed by atoms with E-state index in [1.165, 1.54) is 173 Å². The Morgan fingerprint density at radius 1 is 0.314 bits per heavy atom. The van der Waals surface area contributed by atoms with Gasteiger partial charge in [0.1, 0.15) is 0 Å². The van der Waals surface area contributed by atoms with Crippen molar-refractivity contribution in [1.29, 1.82) is 0 Å². The molecule has 0 aliphatic heterocycles. The summed E-state index contributed by atoms with van der Waals surface area (Å²) in [6, 6.07) is 0. The molecule has 0 bridgehead atoms. The Bertz CT molecular complexity index is 350. The van der Waals surface area contributed by atoms with E-state index in [9.17, 15) is 0 Å². The first-order valence-electron chi connectivity index (χ1n) is 16.9. The molecular weight excluding hydrogens is 424 g/mol. The van der Waals surface area contributed by atoms with Crippen molar-refractivity contribution >= 4 is 0 Å². The van der Waals surface area contributed by atoms with Crippen LogP contribution in [0.5, 0.6) is 0 Å². The fourth-order valence-corrected chi connectivity index (χ4v) is 6.02. The molecule has 0 heterocycles. The summed E-state index contributed by atoms with van der Waals surface area (Å²) in [7, 11) is 0. The van der Waals surface area contributed by atoms with Crippen molar-refractivity contribution in [1.82, 2.24) is 0 Å². The molecule has 0 saturated carbocycles. The average molecular weight is 495 g/mol. The van der Waals surface area contributed by atoms with Gasteiger partial charge in [0.05, 0.1) is 0 Å². The van der Waals surface area contributed by atoms with Crippen LogP contribution < -0.4 is 0 Å². The lowest BCUT2D eigenvalue weighted by atomic mass is 9.78. The Morgan fingerprint density at radius 3 is 0.800 bits per heavy atom. The third-order valence-corrected chi connectivity index (χ3v) is 8.44. The molecule has 1 heteroatoms. The lowest BCUT2D eigenvalue weighted by Crippen LogP contribution is -2.16. The highest BCUT2D eigenvalue weighted by atomic mass is 16.2. The zero-order valence-electron chi connectivity index (χ0n) is 25.1. The van der Waals surface area contributed by atoms with E-state index < -0.39 is 0 Å². The fourth-order valence-electron chi connectivity index (χ4n) is 6.02. The van der Waals surface area contributed by atoms with Gasteiger partial charge in [-0.05, 0) is 18.3 Å². The SMILES string of the molecule is CCCCCCCCC(CCCCCCCC)C(CCCCCCCC)CCCCCCCCO. The largest absolute Gasteiger partial charge is 0.396 e. The van der Waals surface area contributed by atoms with Gasteiger partial charge in [0.15, 0.2) is 0 Å². The normalized spacial score (nSPS) is 12.6. The minimum Gasteiger partial charge on any atom is -0.396 e. The minimum atomic E-state index is 0.374. The smallest absolute Gasteiger partial charge is 0.0431 e. The summed E-state index contributed by atoms with van der Waals surface area (Å²) in [5.74, 6) is 1.99. The molecule has 0 aromatic heterocycles. The van der Waals surface area contributed by atoms with E-state index in [1.807, 2.05) is 0 Å². The van der Waals surface area contributed by atoms with Crippen LogP contribution in [-0.2, 0) is 0 Å². The van der Waals surface area contributed by atoms with Crippen LogP contribution in [0.25, 0.3) is 0 Å². The molecule has 0 radical (unpaired) electrons. The first kappa shape index (κ1) is 35.0. The molecule has 0 aromatic carbocycles. The standard InChI is InChI=1S/C34H70O/c1-4-7-10-13-18-23-28-33(29-24-19-14-11-8-5-2)34(30-25-20-15-12-9-6-3)31-26-21-16-17-22-27-32-35/h33-35H,4-32H2,1-3H3. The van der Waals surface area contributed by atoms with Crippen molar-refractivity contribution in [2.24, 2.45) is 11.8 Å². The summed E-state index contributed by atoms with van der Waals surface area (Å²) in [5, 5.41) is 9.02. The minimum absolute atomic E-state index is 0.374. The van der Waals surface area contributed by atoms with Gasteiger partial charge in [-0.1, -0.05) is 194 Å². The van der Waals surface area contributed by atoms with E-state index in [-0.39, 0.29) is 0 Å². The Labute approximate surface area is 224 Å². The molecule has 0 aliphatic rings. The first-order valence-corrected chi connectivity index (χ1v) is 16.9. The van der Waals surface area contributed by atoms with E-state index in [0.717, 1.165) is 18.3 Å². The first-order chi connectivity index (χ1) is 17.3. The fraction of sp³-hybridized carbons (Fsp3) is 1.00. The number of hydrogen-bond donors (Lipinski definition) is 1. The monoisotopic (exact) mass is 495 g/mol. The second kappa shape index (κ2) is 30.2. The van der Waals surface area contributed by atoms with Gasteiger partial charge in [0.25, 0.3) is 0 Å². The third-order valence-electron chi connectivity index (χ3n) is 8.44. The molecule has 0 aliphatic carbocycles. The maximum absolute atomic E-state index is 9.02. The van der Waals surface area contributed by atoms with Gasteiger partial charge >= 0.3 is 0 Å². The van der Waals surface area contributed by atoms with Gasteiger partial charge in [0.2, 0.25) is 0 Å². The molecule has 0 spiro atoms. The summed E-state index contributed by atoms with van der Waals surface area (Å²) in [6.45, 7) is 7.36. The van der Waals surface area contributed by atoms with Crippen LogP contribution in [-0.4, -0.2) is 11.7 Å². The van der Waals surface area contributed by atoms with Crippen LogP contribution in [0.4, 0.5) is 0 Å². The molecule has 0 rings (SSSR count). The number of aliphatic hydroxyl groups excluding tert-OH is 1. The number of aliphatic hydroxyl groups is 1. The van der Waals surface area contributed by atoms with Crippen molar-refractivity contribution in [3.63, 3.8) is 0 Å². The quantitative estimate of drug-likeness (QED) is 0.0984. The molecule has 1 unspecified atom stereocenters. The van der Waals surface area contributed by atoms with Gasteiger partial charge in [-0.2, -0.15) is 0 Å². The van der Waals surface area contributed by atoms with Crippen molar-refractivity contribution in [2.45, 2.75) is 201 Å². The topological polar surface area (TPSA) is 20.2 Å². The second-order valence-corrected chi connectivity index (χ2v) is 11.8. The Hall–Kier alpha value is -0.0400. The van der Waals surface area contributed by atoms with Crippen LogP contribution in [0.3, 0.4) is 0 Å². The highest BCUT2D eigenvalue weighted by molar-refractivity contribution is 4.72. The predicted molar refractivity (Wildman–Crippen MR) is 160 cm³/mol. The van der Waals surface area contributed by atoms with Crippen molar-refractivity contribution < 1.29 is 5.11 Å². The van der Waals surface area contributed by atoms with Crippen LogP contribution in [0, 0.1) is 11.8 Å². The van der Waals surface area contributed by atoms with Crippen LogP contribution in [0.15, 0.2) is 0 Å². The van der Waals surface area contributed by atoms with Crippen LogP contribution in [0.1, 0.15) is 201 Å². The van der Waals surface area contributed by atoms with E-state index in [4.69, 9.17) is 5.11 Å². The highest BCUT2D eigenvalue weighted by Gasteiger charge is 2.20. The number of hydrogen-bond acceptors (Lipinski definition) is 1. The summed E-state index contributed by atoms with van der Waals surface area (Å²) in [5.41, 5.74) is 0. The maximum Gasteiger partial charge on any atom is 0.0431 e. The summed E-state index contributed by atoms with van der Waals surface area (Å²) < 4.78 is 0. The molecule has 0 fully saturated rings. The lowest BCUT2D eigenvalue weighted by molar-refractivity contribution is 0.236. The van der Waals surface area contributed by atoms with Crippen LogP contribution >= 0.6 is 0 Å². The van der Waals surface area contributed by atoms with Gasteiger partial charge in [-0.15, -0.1) is 0 Å². The molecule has 1 N–H and O–H groups in total. The molecule has 35 heavy (non-hydrogen) atoms. The summed E-state index contributed by atoms with van der Waals surface area (Å²) in [4.78, 5) is 0. The van der Waals surface area contributed by atoms with Gasteiger partial charge < -0.3 is 5.11 Å². The van der Waals surface area contributed by atoms with Gasteiger partial charge in [0, 0.05) is 6.61 Å². The average Bonchev–Trinajstić information content (AvgIpc) is 2.87. The van der Waals surface area contributed by atoms with Crippen molar-refractivity contribution in [3.8, 4) is 0 Å². The van der Waals surface area contributed by atoms with Gasteiger partial charge in [-0.3, -0.25) is 0 Å². The van der Waals surface area contributed by atoms with Crippen LogP contribution in [0.2, 0.25) is 0 Å². The third kappa shape index (κ3) is 25.4. The molecule has 1 nitrogen and oxygen atoms in total. The molecule has 212 valence electrons. The summed E-state index contributed by atoms with van der Waals surface area (Å²) >= 11 is 0. The zero-order chi connectivity index (χ0) is 25.7. The second-order valence-electron chi connectivity index (χ2n) is 11.8. The lowest BCUT2D eigenvalue weighted by Gasteiger charge is -2.28.